The number of aliphatic hydroxyl groups is 1. The molecule has 2 aliphatic rings. The van der Waals surface area contributed by atoms with E-state index in [0.29, 0.717) is 0 Å². The maximum absolute atomic E-state index is 9.43. The maximum atomic E-state index is 9.43. The van der Waals surface area contributed by atoms with Crippen LogP contribution in [0, 0.1) is 11.8 Å². The van der Waals surface area contributed by atoms with Crippen LogP contribution in [0.1, 0.15) is 39.0 Å². The third-order valence-electron chi connectivity index (χ3n) is 3.90. The Morgan fingerprint density at radius 2 is 1.86 bits per heavy atom. The van der Waals surface area contributed by atoms with Gasteiger partial charge in [-0.05, 0) is 31.1 Å². The Balaban J connectivity index is 1.70. The van der Waals surface area contributed by atoms with Crippen molar-refractivity contribution in [1.82, 2.24) is 4.90 Å². The van der Waals surface area contributed by atoms with Crippen LogP contribution in [-0.2, 0) is 0 Å². The van der Waals surface area contributed by atoms with E-state index in [-0.39, 0.29) is 6.10 Å². The van der Waals surface area contributed by atoms with Crippen molar-refractivity contribution in [1.29, 1.82) is 0 Å². The van der Waals surface area contributed by atoms with Gasteiger partial charge in [-0.3, -0.25) is 0 Å². The zero-order valence-corrected chi connectivity index (χ0v) is 9.28. The van der Waals surface area contributed by atoms with E-state index in [2.05, 4.69) is 11.8 Å². The summed E-state index contributed by atoms with van der Waals surface area (Å²) in [7, 11) is 0. The number of hydrogen-bond acceptors (Lipinski definition) is 2. The molecule has 1 aliphatic carbocycles. The van der Waals surface area contributed by atoms with Gasteiger partial charge in [0.15, 0.2) is 0 Å². The number of rotatable bonds is 2. The van der Waals surface area contributed by atoms with Gasteiger partial charge in [0.25, 0.3) is 0 Å². The van der Waals surface area contributed by atoms with Crippen molar-refractivity contribution in [2.45, 2.75) is 45.1 Å². The SMILES string of the molecule is C[C@H]1CC[C@H](CN2CC[C@H](O)C2)CC1. The third-order valence-corrected chi connectivity index (χ3v) is 3.90. The van der Waals surface area contributed by atoms with Crippen LogP contribution in [0.2, 0.25) is 0 Å². The predicted molar refractivity (Wildman–Crippen MR) is 58.2 cm³/mol. The Morgan fingerprint density at radius 3 is 2.43 bits per heavy atom. The fourth-order valence-corrected chi connectivity index (χ4v) is 2.85. The average molecular weight is 197 g/mol. The second kappa shape index (κ2) is 4.63. The third kappa shape index (κ3) is 2.71. The predicted octanol–water partition coefficient (Wildman–Crippen LogP) is 1.88. The molecule has 0 amide bonds. The molecule has 0 radical (unpaired) electrons. The Hall–Kier alpha value is -0.0800. The number of β-amino-alcohol motifs (C(OH)–C–C–N with tert-alkyl or cyclic N) is 1. The van der Waals surface area contributed by atoms with Gasteiger partial charge in [0.05, 0.1) is 6.10 Å². The van der Waals surface area contributed by atoms with E-state index in [9.17, 15) is 5.11 Å². The second-order valence-electron chi connectivity index (χ2n) is 5.33. The summed E-state index contributed by atoms with van der Waals surface area (Å²) in [4.78, 5) is 2.45. The van der Waals surface area contributed by atoms with Crippen molar-refractivity contribution in [2.75, 3.05) is 19.6 Å². The molecule has 1 atom stereocenters. The van der Waals surface area contributed by atoms with E-state index in [4.69, 9.17) is 0 Å². The molecule has 1 aliphatic heterocycles. The fourth-order valence-electron chi connectivity index (χ4n) is 2.85. The first-order valence-corrected chi connectivity index (χ1v) is 6.14. The van der Waals surface area contributed by atoms with Crippen LogP contribution in [-0.4, -0.2) is 35.7 Å². The molecular formula is C12H23NO. The zero-order chi connectivity index (χ0) is 9.97. The first-order valence-electron chi connectivity index (χ1n) is 6.14. The standard InChI is InChI=1S/C12H23NO/c1-10-2-4-11(5-3-10)8-13-7-6-12(14)9-13/h10-12,14H,2-9H2,1H3/t10-,11-,12-/m0/s1. The van der Waals surface area contributed by atoms with Crippen LogP contribution in [0.4, 0.5) is 0 Å². The van der Waals surface area contributed by atoms with Gasteiger partial charge in [0, 0.05) is 19.6 Å². The van der Waals surface area contributed by atoms with E-state index in [1.165, 1.54) is 32.2 Å². The number of likely N-dealkylation sites (tertiary alicyclic amines) is 1. The highest BCUT2D eigenvalue weighted by atomic mass is 16.3. The van der Waals surface area contributed by atoms with Crippen molar-refractivity contribution in [3.63, 3.8) is 0 Å². The van der Waals surface area contributed by atoms with E-state index >= 15 is 0 Å². The molecule has 2 heteroatoms. The zero-order valence-electron chi connectivity index (χ0n) is 9.28. The Labute approximate surface area is 87.3 Å². The molecule has 0 aromatic heterocycles. The summed E-state index contributed by atoms with van der Waals surface area (Å²) >= 11 is 0. The Bertz CT molecular complexity index is 175. The molecule has 0 aromatic carbocycles. The maximum Gasteiger partial charge on any atom is 0.0679 e. The highest BCUT2D eigenvalue weighted by Gasteiger charge is 2.25. The summed E-state index contributed by atoms with van der Waals surface area (Å²) in [6.07, 6.45) is 6.60. The van der Waals surface area contributed by atoms with Gasteiger partial charge < -0.3 is 10.0 Å². The first kappa shape index (κ1) is 10.4. The molecule has 2 rings (SSSR count). The van der Waals surface area contributed by atoms with Gasteiger partial charge in [-0.15, -0.1) is 0 Å². The summed E-state index contributed by atoms with van der Waals surface area (Å²) in [5, 5.41) is 9.43. The minimum absolute atomic E-state index is 0.0440. The molecule has 2 fully saturated rings. The highest BCUT2D eigenvalue weighted by Crippen LogP contribution is 2.29. The molecule has 14 heavy (non-hydrogen) atoms. The quantitative estimate of drug-likeness (QED) is 0.730. The molecule has 2 nitrogen and oxygen atoms in total. The van der Waals surface area contributed by atoms with Crippen molar-refractivity contribution in [3.8, 4) is 0 Å². The van der Waals surface area contributed by atoms with E-state index < -0.39 is 0 Å². The number of hydrogen-bond donors (Lipinski definition) is 1. The molecule has 0 spiro atoms. The lowest BCUT2D eigenvalue weighted by atomic mass is 9.83. The van der Waals surface area contributed by atoms with Crippen molar-refractivity contribution in [2.24, 2.45) is 11.8 Å². The van der Waals surface area contributed by atoms with E-state index in [1.807, 2.05) is 0 Å². The topological polar surface area (TPSA) is 23.5 Å². The molecular weight excluding hydrogens is 174 g/mol. The smallest absolute Gasteiger partial charge is 0.0679 e. The van der Waals surface area contributed by atoms with Crippen LogP contribution < -0.4 is 0 Å². The summed E-state index contributed by atoms with van der Waals surface area (Å²) in [5.41, 5.74) is 0. The van der Waals surface area contributed by atoms with Crippen LogP contribution in [0.3, 0.4) is 0 Å². The average Bonchev–Trinajstić information content (AvgIpc) is 2.56. The molecule has 0 bridgehead atoms. The van der Waals surface area contributed by atoms with Crippen molar-refractivity contribution < 1.29 is 5.11 Å². The van der Waals surface area contributed by atoms with E-state index in [1.54, 1.807) is 0 Å². The molecule has 82 valence electrons. The summed E-state index contributed by atoms with van der Waals surface area (Å²) in [6, 6.07) is 0. The molecule has 1 saturated heterocycles. The molecule has 0 unspecified atom stereocenters. The Kier molecular flexibility index (Phi) is 3.45. The number of aliphatic hydroxyl groups excluding tert-OH is 1. The summed E-state index contributed by atoms with van der Waals surface area (Å²) in [5.74, 6) is 1.87. The largest absolute Gasteiger partial charge is 0.392 e. The van der Waals surface area contributed by atoms with Crippen LogP contribution in [0.5, 0.6) is 0 Å². The van der Waals surface area contributed by atoms with Gasteiger partial charge in [0.1, 0.15) is 0 Å². The lowest BCUT2D eigenvalue weighted by Gasteiger charge is -2.29. The van der Waals surface area contributed by atoms with Crippen LogP contribution in [0.25, 0.3) is 0 Å². The van der Waals surface area contributed by atoms with Gasteiger partial charge >= 0.3 is 0 Å². The summed E-state index contributed by atoms with van der Waals surface area (Å²) < 4.78 is 0. The second-order valence-corrected chi connectivity index (χ2v) is 5.33. The van der Waals surface area contributed by atoms with Crippen molar-refractivity contribution in [3.05, 3.63) is 0 Å². The monoisotopic (exact) mass is 197 g/mol. The van der Waals surface area contributed by atoms with Gasteiger partial charge in [-0.1, -0.05) is 19.8 Å². The van der Waals surface area contributed by atoms with Gasteiger partial charge in [-0.25, -0.2) is 0 Å². The molecule has 1 heterocycles. The van der Waals surface area contributed by atoms with Gasteiger partial charge in [-0.2, -0.15) is 0 Å². The van der Waals surface area contributed by atoms with Crippen LogP contribution >= 0.6 is 0 Å². The minimum atomic E-state index is -0.0440. The molecule has 0 aromatic rings. The first-order chi connectivity index (χ1) is 6.74. The van der Waals surface area contributed by atoms with E-state index in [0.717, 1.165) is 31.3 Å². The fraction of sp³-hybridized carbons (Fsp3) is 1.00. The van der Waals surface area contributed by atoms with Gasteiger partial charge in [0.2, 0.25) is 0 Å². The number of nitrogens with zero attached hydrogens (tertiary/aromatic N) is 1. The lowest BCUT2D eigenvalue weighted by Crippen LogP contribution is -2.30. The molecule has 1 saturated carbocycles. The normalized spacial score (nSPS) is 40.3. The van der Waals surface area contributed by atoms with Crippen LogP contribution in [0.15, 0.2) is 0 Å². The Morgan fingerprint density at radius 1 is 1.14 bits per heavy atom. The summed E-state index contributed by atoms with van der Waals surface area (Å²) in [6.45, 7) is 5.65. The van der Waals surface area contributed by atoms with Crippen molar-refractivity contribution >= 4 is 0 Å². The highest BCUT2D eigenvalue weighted by molar-refractivity contribution is 4.79. The lowest BCUT2D eigenvalue weighted by molar-refractivity contribution is 0.159. The minimum Gasteiger partial charge on any atom is -0.392 e. The molecule has 1 N–H and O–H groups in total.